The fourth-order valence-electron chi connectivity index (χ4n) is 4.29. The molecule has 0 amide bonds. The maximum atomic E-state index is 2.49. The zero-order valence-electron chi connectivity index (χ0n) is 16.8. The lowest BCUT2D eigenvalue weighted by Gasteiger charge is -2.32. The van der Waals surface area contributed by atoms with Gasteiger partial charge in [0.1, 0.15) is 8.07 Å². The van der Waals surface area contributed by atoms with Crippen molar-refractivity contribution in [2.24, 2.45) is 0 Å². The Labute approximate surface area is 169 Å². The van der Waals surface area contributed by atoms with Crippen LogP contribution in [-0.4, -0.2) is 8.07 Å². The molecule has 0 heterocycles. The second kappa shape index (κ2) is 7.61. The lowest BCUT2D eigenvalue weighted by atomic mass is 9.99. The molecule has 0 N–H and O–H groups in total. The van der Waals surface area contributed by atoms with Crippen LogP contribution < -0.4 is 15.6 Å². The Morgan fingerprint density at radius 1 is 0.536 bits per heavy atom. The van der Waals surface area contributed by atoms with Gasteiger partial charge in [-0.1, -0.05) is 115 Å². The molecule has 0 aliphatic rings. The Morgan fingerprint density at radius 2 is 1.07 bits per heavy atom. The average molecular weight is 379 g/mol. The van der Waals surface area contributed by atoms with Crippen molar-refractivity contribution in [2.75, 3.05) is 0 Å². The molecule has 0 nitrogen and oxygen atoms in total. The SMILES string of the molecule is Cc1ccc(-c2ccccc2[Si](C)(c2ccccc2)c2ccccc2)c(C)c1. The van der Waals surface area contributed by atoms with Crippen LogP contribution in [0, 0.1) is 13.8 Å². The van der Waals surface area contributed by atoms with Gasteiger partial charge in [-0.25, -0.2) is 0 Å². The van der Waals surface area contributed by atoms with E-state index < -0.39 is 8.07 Å². The largest absolute Gasteiger partial charge is 0.146 e. The van der Waals surface area contributed by atoms with Gasteiger partial charge in [0.15, 0.2) is 0 Å². The highest BCUT2D eigenvalue weighted by Crippen LogP contribution is 2.25. The Kier molecular flexibility index (Phi) is 5.02. The molecule has 0 fully saturated rings. The van der Waals surface area contributed by atoms with Gasteiger partial charge in [-0.05, 0) is 46.1 Å². The van der Waals surface area contributed by atoms with Crippen LogP contribution in [0.2, 0.25) is 6.55 Å². The maximum absolute atomic E-state index is 2.49. The maximum Gasteiger partial charge on any atom is 0.146 e. The van der Waals surface area contributed by atoms with Gasteiger partial charge in [0, 0.05) is 0 Å². The molecule has 4 rings (SSSR count). The summed E-state index contributed by atoms with van der Waals surface area (Å²) in [5.41, 5.74) is 5.35. The summed E-state index contributed by atoms with van der Waals surface area (Å²) in [5, 5.41) is 4.36. The Hall–Kier alpha value is -2.90. The van der Waals surface area contributed by atoms with E-state index in [1.54, 1.807) is 0 Å². The molecule has 28 heavy (non-hydrogen) atoms. The van der Waals surface area contributed by atoms with Crippen molar-refractivity contribution in [1.29, 1.82) is 0 Å². The first-order valence-corrected chi connectivity index (χ1v) is 12.4. The quantitative estimate of drug-likeness (QED) is 0.343. The van der Waals surface area contributed by atoms with Crippen molar-refractivity contribution in [3.63, 3.8) is 0 Å². The van der Waals surface area contributed by atoms with Crippen LogP contribution >= 0.6 is 0 Å². The standard InChI is InChI=1S/C27H26Si/c1-21-18-19-25(22(2)20-21)26-16-10-11-17-27(26)28(3,23-12-6-4-7-13-23)24-14-8-5-9-15-24/h4-20H,1-3H3. The van der Waals surface area contributed by atoms with Crippen LogP contribution in [-0.2, 0) is 0 Å². The molecule has 0 radical (unpaired) electrons. The highest BCUT2D eigenvalue weighted by molar-refractivity contribution is 7.11. The van der Waals surface area contributed by atoms with Crippen molar-refractivity contribution in [2.45, 2.75) is 20.4 Å². The van der Waals surface area contributed by atoms with E-state index in [1.807, 2.05) is 0 Å². The van der Waals surface area contributed by atoms with Crippen molar-refractivity contribution in [3.8, 4) is 11.1 Å². The van der Waals surface area contributed by atoms with Gasteiger partial charge in [-0.3, -0.25) is 0 Å². The molecule has 0 aliphatic carbocycles. The summed E-state index contributed by atoms with van der Waals surface area (Å²) in [7, 11) is -2.14. The van der Waals surface area contributed by atoms with E-state index >= 15 is 0 Å². The van der Waals surface area contributed by atoms with E-state index in [1.165, 1.54) is 37.8 Å². The minimum absolute atomic E-state index is 1.31. The minimum Gasteiger partial charge on any atom is -0.0624 e. The third-order valence-corrected chi connectivity index (χ3v) is 10.3. The summed E-state index contributed by atoms with van der Waals surface area (Å²) in [5.74, 6) is 0. The van der Waals surface area contributed by atoms with E-state index in [0.717, 1.165) is 0 Å². The summed E-state index contributed by atoms with van der Waals surface area (Å²) in [4.78, 5) is 0. The monoisotopic (exact) mass is 378 g/mol. The van der Waals surface area contributed by atoms with Crippen LogP contribution in [0.3, 0.4) is 0 Å². The molecule has 0 bridgehead atoms. The van der Waals surface area contributed by atoms with Crippen molar-refractivity contribution >= 4 is 23.6 Å². The first-order valence-electron chi connectivity index (χ1n) is 9.89. The van der Waals surface area contributed by atoms with Crippen LogP contribution in [0.4, 0.5) is 0 Å². The third kappa shape index (κ3) is 3.23. The van der Waals surface area contributed by atoms with Crippen molar-refractivity contribution in [1.82, 2.24) is 0 Å². The molecule has 4 aromatic carbocycles. The van der Waals surface area contributed by atoms with Crippen LogP contribution in [0.1, 0.15) is 11.1 Å². The molecule has 1 heteroatoms. The normalized spacial score (nSPS) is 11.4. The molecular weight excluding hydrogens is 352 g/mol. The lowest BCUT2D eigenvalue weighted by Crippen LogP contribution is -2.65. The molecule has 0 atom stereocenters. The smallest absolute Gasteiger partial charge is 0.0624 e. The van der Waals surface area contributed by atoms with E-state index in [9.17, 15) is 0 Å². The zero-order chi connectivity index (χ0) is 19.6. The highest BCUT2D eigenvalue weighted by Gasteiger charge is 2.35. The Morgan fingerprint density at radius 3 is 1.64 bits per heavy atom. The molecule has 0 aromatic heterocycles. The first-order chi connectivity index (χ1) is 13.6. The number of rotatable bonds is 4. The van der Waals surface area contributed by atoms with Gasteiger partial charge in [-0.15, -0.1) is 0 Å². The Balaban J connectivity index is 2.02. The molecule has 0 unspecified atom stereocenters. The van der Waals surface area contributed by atoms with E-state index in [-0.39, 0.29) is 0 Å². The van der Waals surface area contributed by atoms with Crippen LogP contribution in [0.25, 0.3) is 11.1 Å². The zero-order valence-corrected chi connectivity index (χ0v) is 17.8. The van der Waals surface area contributed by atoms with E-state index in [0.29, 0.717) is 0 Å². The van der Waals surface area contributed by atoms with Crippen LogP contribution in [0.5, 0.6) is 0 Å². The predicted molar refractivity (Wildman–Crippen MR) is 125 cm³/mol. The fourth-order valence-corrected chi connectivity index (χ4v) is 8.15. The van der Waals surface area contributed by atoms with Gasteiger partial charge < -0.3 is 0 Å². The number of aryl methyl sites for hydroxylation is 2. The molecule has 4 aromatic rings. The van der Waals surface area contributed by atoms with Gasteiger partial charge in [0.2, 0.25) is 0 Å². The molecule has 0 saturated carbocycles. The summed E-state index contributed by atoms with van der Waals surface area (Å²) in [6, 6.07) is 37.9. The lowest BCUT2D eigenvalue weighted by molar-refractivity contribution is 1.38. The average Bonchev–Trinajstić information content (AvgIpc) is 2.74. The van der Waals surface area contributed by atoms with Crippen LogP contribution in [0.15, 0.2) is 103 Å². The summed E-state index contributed by atoms with van der Waals surface area (Å²) in [6.45, 7) is 6.87. The van der Waals surface area contributed by atoms with Gasteiger partial charge in [0.05, 0.1) is 0 Å². The summed E-state index contributed by atoms with van der Waals surface area (Å²) < 4.78 is 0. The topological polar surface area (TPSA) is 0 Å². The summed E-state index contributed by atoms with van der Waals surface area (Å²) in [6.07, 6.45) is 0. The van der Waals surface area contributed by atoms with E-state index in [4.69, 9.17) is 0 Å². The fraction of sp³-hybridized carbons (Fsp3) is 0.111. The number of hydrogen-bond donors (Lipinski definition) is 0. The highest BCUT2D eigenvalue weighted by atomic mass is 28.3. The molecule has 0 spiro atoms. The van der Waals surface area contributed by atoms with Gasteiger partial charge in [-0.2, -0.15) is 0 Å². The number of benzene rings is 4. The number of hydrogen-bond acceptors (Lipinski definition) is 0. The molecule has 0 aliphatic heterocycles. The van der Waals surface area contributed by atoms with Crippen molar-refractivity contribution in [3.05, 3.63) is 114 Å². The second-order valence-corrected chi connectivity index (χ2v) is 11.7. The first kappa shape index (κ1) is 18.5. The third-order valence-electron chi connectivity index (χ3n) is 5.84. The van der Waals surface area contributed by atoms with E-state index in [2.05, 4.69) is 124 Å². The molecule has 0 saturated heterocycles. The molecular formula is C27H26Si. The summed E-state index contributed by atoms with van der Waals surface area (Å²) >= 11 is 0. The van der Waals surface area contributed by atoms with Gasteiger partial charge >= 0.3 is 0 Å². The predicted octanol–water partition coefficient (Wildman–Crippen LogP) is 5.07. The second-order valence-electron chi connectivity index (χ2n) is 7.72. The Bertz CT molecular complexity index is 1040. The molecule has 138 valence electrons. The van der Waals surface area contributed by atoms with Gasteiger partial charge in [0.25, 0.3) is 0 Å². The minimum atomic E-state index is -2.14. The van der Waals surface area contributed by atoms with Crippen molar-refractivity contribution < 1.29 is 0 Å².